The number of hydrogen-bond acceptors (Lipinski definition) is 4. The fourth-order valence-electron chi connectivity index (χ4n) is 12.3. The van der Waals surface area contributed by atoms with Crippen LogP contribution in [0.15, 0.2) is 215 Å². The molecular weight excluding hydrogens is 901 g/mol. The Morgan fingerprint density at radius 1 is 0.270 bits per heavy atom. The van der Waals surface area contributed by atoms with Gasteiger partial charge in [-0.25, -0.2) is 0 Å². The first kappa shape index (κ1) is 43.7. The first-order valence-corrected chi connectivity index (χ1v) is 25.7. The molecule has 0 saturated carbocycles. The van der Waals surface area contributed by atoms with Gasteiger partial charge in [-0.3, -0.25) is 0 Å². The Hall–Kier alpha value is -9.12. The van der Waals surface area contributed by atoms with E-state index in [1.807, 2.05) is 0 Å². The average molecular weight is 953 g/mol. The summed E-state index contributed by atoms with van der Waals surface area (Å²) in [5, 5.41) is 11.5. The Bertz CT molecular complexity index is 4530. The quantitative estimate of drug-likeness (QED) is 0.142. The first-order valence-electron chi connectivity index (χ1n) is 25.7. The molecule has 0 unspecified atom stereocenters. The van der Waals surface area contributed by atoms with Crippen molar-refractivity contribution in [2.75, 3.05) is 9.80 Å². The highest BCUT2D eigenvalue weighted by molar-refractivity contribution is 6.29. The molecule has 0 N–H and O–H groups in total. The molecule has 354 valence electrons. The van der Waals surface area contributed by atoms with E-state index < -0.39 is 0 Å². The van der Waals surface area contributed by atoms with Crippen LogP contribution in [0.4, 0.5) is 34.1 Å². The standard InChI is InChI=1S/C70H52N2O2/c1-41-29-35-49(36-30-41)71(61-27-13-22-52-50-20-11-24-56(67(50)73-69(52)61)63-43(3)16-9-17-44(63)4)59-39-33-47-32-38-55-60(40-34-48-31-37-54(59)65(47)66(48)55)72(58-26-8-7-15-42(58)2)62-28-14-23-53-51-21-12-25-57(68(51)74-70(53)62)64-45(5)18-10-19-46(64)6/h7-40H,1-6H3. The second-order valence-electron chi connectivity index (χ2n) is 20.3. The highest BCUT2D eigenvalue weighted by Crippen LogP contribution is 2.52. The minimum Gasteiger partial charge on any atom is -0.453 e. The Morgan fingerprint density at radius 3 is 1.16 bits per heavy atom. The number of rotatable bonds is 8. The first-order chi connectivity index (χ1) is 36.2. The second-order valence-corrected chi connectivity index (χ2v) is 20.3. The lowest BCUT2D eigenvalue weighted by Gasteiger charge is -2.30. The van der Waals surface area contributed by atoms with E-state index in [2.05, 4.69) is 258 Å². The van der Waals surface area contributed by atoms with Gasteiger partial charge in [-0.05, 0) is 144 Å². The van der Waals surface area contributed by atoms with Crippen molar-refractivity contribution in [3.05, 3.63) is 240 Å². The molecule has 4 nitrogen and oxygen atoms in total. The van der Waals surface area contributed by atoms with Crippen molar-refractivity contribution in [3.63, 3.8) is 0 Å². The fourth-order valence-corrected chi connectivity index (χ4v) is 12.3. The Labute approximate surface area is 430 Å². The van der Waals surface area contributed by atoms with E-state index in [0.717, 1.165) is 99.9 Å². The van der Waals surface area contributed by atoms with Gasteiger partial charge in [-0.2, -0.15) is 0 Å². The fraction of sp³-hybridized carbons (Fsp3) is 0.0857. The van der Waals surface area contributed by atoms with Crippen molar-refractivity contribution in [2.45, 2.75) is 41.5 Å². The highest BCUT2D eigenvalue weighted by Gasteiger charge is 2.27. The Kier molecular flexibility index (Phi) is 9.87. The SMILES string of the molecule is Cc1ccc(N(c2ccc3ccc4c(N(c5ccccc5C)c5cccc6c5oc5c(-c7c(C)cccc7C)cccc56)ccc5ccc2c3c54)c2cccc3c2oc2c(-c4c(C)cccc4C)cccc23)cc1. The molecule has 14 rings (SSSR count). The number of furan rings is 2. The van der Waals surface area contributed by atoms with Crippen LogP contribution < -0.4 is 9.80 Å². The van der Waals surface area contributed by atoms with Gasteiger partial charge in [-0.1, -0.05) is 169 Å². The zero-order valence-electron chi connectivity index (χ0n) is 42.3. The minimum atomic E-state index is 0.851. The van der Waals surface area contributed by atoms with Gasteiger partial charge in [0.1, 0.15) is 11.2 Å². The smallest absolute Gasteiger partial charge is 0.159 e. The van der Waals surface area contributed by atoms with Crippen molar-refractivity contribution in [1.29, 1.82) is 0 Å². The van der Waals surface area contributed by atoms with E-state index in [0.29, 0.717) is 0 Å². The van der Waals surface area contributed by atoms with Gasteiger partial charge in [0.05, 0.1) is 22.7 Å². The summed E-state index contributed by atoms with van der Waals surface area (Å²) in [6.45, 7) is 13.1. The van der Waals surface area contributed by atoms with Crippen LogP contribution in [0.3, 0.4) is 0 Å². The lowest BCUT2D eigenvalue weighted by Crippen LogP contribution is -2.12. The second kappa shape index (κ2) is 16.7. The topological polar surface area (TPSA) is 32.8 Å². The van der Waals surface area contributed by atoms with Crippen LogP contribution in [-0.4, -0.2) is 0 Å². The lowest BCUT2D eigenvalue weighted by molar-refractivity contribution is 0.669. The number of para-hydroxylation sites is 5. The predicted octanol–water partition coefficient (Wildman–Crippen LogP) is 20.5. The van der Waals surface area contributed by atoms with Crippen molar-refractivity contribution < 1.29 is 8.83 Å². The predicted molar refractivity (Wildman–Crippen MR) is 313 cm³/mol. The Balaban J connectivity index is 1.01. The maximum atomic E-state index is 7.24. The van der Waals surface area contributed by atoms with E-state index in [1.165, 1.54) is 66.1 Å². The van der Waals surface area contributed by atoms with Crippen molar-refractivity contribution in [2.24, 2.45) is 0 Å². The van der Waals surface area contributed by atoms with Gasteiger partial charge in [0.2, 0.25) is 0 Å². The van der Waals surface area contributed by atoms with Crippen LogP contribution in [0.2, 0.25) is 0 Å². The molecule has 0 aliphatic rings. The summed E-state index contributed by atoms with van der Waals surface area (Å²) in [6.07, 6.45) is 0. The Morgan fingerprint density at radius 2 is 0.662 bits per heavy atom. The number of anilines is 6. The lowest BCUT2D eigenvalue weighted by atomic mass is 9.91. The van der Waals surface area contributed by atoms with E-state index in [9.17, 15) is 0 Å². The van der Waals surface area contributed by atoms with Crippen molar-refractivity contribution >= 4 is 110 Å². The monoisotopic (exact) mass is 952 g/mol. The van der Waals surface area contributed by atoms with Gasteiger partial charge in [-0.15, -0.1) is 0 Å². The summed E-state index contributed by atoms with van der Waals surface area (Å²) in [4.78, 5) is 4.84. The van der Waals surface area contributed by atoms with Crippen molar-refractivity contribution in [1.82, 2.24) is 0 Å². The molecule has 0 amide bonds. The molecule has 0 fully saturated rings. The number of fused-ring (bicyclic) bond motifs is 6. The van der Waals surface area contributed by atoms with E-state index in [1.54, 1.807) is 0 Å². The molecule has 14 aromatic rings. The van der Waals surface area contributed by atoms with Gasteiger partial charge in [0.15, 0.2) is 11.2 Å². The molecule has 0 aliphatic carbocycles. The summed E-state index contributed by atoms with van der Waals surface area (Å²) in [6, 6.07) is 75.4. The number of nitrogens with zero attached hydrogens (tertiary/aromatic N) is 2. The third kappa shape index (κ3) is 6.54. The molecule has 0 aliphatic heterocycles. The molecule has 74 heavy (non-hydrogen) atoms. The van der Waals surface area contributed by atoms with E-state index >= 15 is 0 Å². The molecule has 12 aromatic carbocycles. The zero-order valence-corrected chi connectivity index (χ0v) is 42.3. The molecule has 0 radical (unpaired) electrons. The van der Waals surface area contributed by atoms with Gasteiger partial charge < -0.3 is 18.6 Å². The van der Waals surface area contributed by atoms with Crippen LogP contribution in [0.1, 0.15) is 33.4 Å². The average Bonchev–Trinajstić information content (AvgIpc) is 4.03. The highest BCUT2D eigenvalue weighted by atomic mass is 16.3. The zero-order chi connectivity index (χ0) is 49.9. The summed E-state index contributed by atoms with van der Waals surface area (Å²) in [5.41, 5.74) is 21.7. The molecule has 4 heteroatoms. The number of aryl methyl sites for hydroxylation is 6. The molecule has 0 bridgehead atoms. The van der Waals surface area contributed by atoms with Crippen LogP contribution in [0.25, 0.3) is 98.4 Å². The molecular formula is C70H52N2O2. The maximum Gasteiger partial charge on any atom is 0.159 e. The largest absolute Gasteiger partial charge is 0.453 e. The summed E-state index contributed by atoms with van der Waals surface area (Å²) < 4.78 is 14.5. The van der Waals surface area contributed by atoms with E-state index in [-0.39, 0.29) is 0 Å². The van der Waals surface area contributed by atoms with E-state index in [4.69, 9.17) is 8.83 Å². The van der Waals surface area contributed by atoms with Gasteiger partial charge in [0, 0.05) is 54.8 Å². The number of benzene rings is 12. The van der Waals surface area contributed by atoms with Gasteiger partial charge >= 0.3 is 0 Å². The molecule has 2 aromatic heterocycles. The van der Waals surface area contributed by atoms with Gasteiger partial charge in [0.25, 0.3) is 0 Å². The third-order valence-corrected chi connectivity index (χ3v) is 15.7. The van der Waals surface area contributed by atoms with Crippen molar-refractivity contribution in [3.8, 4) is 22.3 Å². The summed E-state index contributed by atoms with van der Waals surface area (Å²) >= 11 is 0. The molecule has 0 spiro atoms. The third-order valence-electron chi connectivity index (χ3n) is 15.7. The normalized spacial score (nSPS) is 11.9. The molecule has 0 saturated heterocycles. The summed E-state index contributed by atoms with van der Waals surface area (Å²) in [7, 11) is 0. The maximum absolute atomic E-state index is 7.24. The van der Waals surface area contributed by atoms with Crippen LogP contribution in [0, 0.1) is 41.5 Å². The van der Waals surface area contributed by atoms with Crippen LogP contribution >= 0.6 is 0 Å². The van der Waals surface area contributed by atoms with Crippen LogP contribution in [0.5, 0.6) is 0 Å². The van der Waals surface area contributed by atoms with Crippen LogP contribution in [-0.2, 0) is 0 Å². The minimum absolute atomic E-state index is 0.851. The molecule has 2 heterocycles. The molecule has 0 atom stereocenters. The number of hydrogen-bond donors (Lipinski definition) is 0. The summed E-state index contributed by atoms with van der Waals surface area (Å²) in [5.74, 6) is 0.